The summed E-state index contributed by atoms with van der Waals surface area (Å²) in [6, 6.07) is 7.85. The first kappa shape index (κ1) is 13.7. The second-order valence-electron chi connectivity index (χ2n) is 4.18. The van der Waals surface area contributed by atoms with E-state index in [1.807, 2.05) is 6.07 Å². The van der Waals surface area contributed by atoms with Crippen molar-refractivity contribution in [1.29, 1.82) is 0 Å². The summed E-state index contributed by atoms with van der Waals surface area (Å²) in [5.74, 6) is -0.123. The quantitative estimate of drug-likeness (QED) is 0.338. The van der Waals surface area contributed by atoms with E-state index < -0.39 is 11.9 Å². The van der Waals surface area contributed by atoms with Gasteiger partial charge in [-0.25, -0.2) is 0 Å². The lowest BCUT2D eigenvalue weighted by Gasteiger charge is -2.36. The molecule has 2 amide bonds. The number of carbonyl (C=O) groups is 2. The molecule has 1 saturated heterocycles. The largest absolute Gasteiger partial charge is 0.484 e. The predicted octanol–water partition coefficient (Wildman–Crippen LogP) is 0.359. The van der Waals surface area contributed by atoms with Gasteiger partial charge in [-0.15, -0.1) is 0 Å². The first-order valence-electron chi connectivity index (χ1n) is 5.99. The lowest BCUT2D eigenvalue weighted by Crippen LogP contribution is -2.70. The van der Waals surface area contributed by atoms with Crippen LogP contribution in [-0.2, 0) is 9.59 Å². The molecular formula is C12H13N5O3. The van der Waals surface area contributed by atoms with Gasteiger partial charge in [0.25, 0.3) is 5.91 Å². The third kappa shape index (κ3) is 3.39. The average molecular weight is 275 g/mol. The van der Waals surface area contributed by atoms with E-state index in [2.05, 4.69) is 20.7 Å². The highest BCUT2D eigenvalue weighted by Crippen LogP contribution is 2.09. The standard InChI is InChI=1S/C12H13N5O3/c13-17-14-6-9-11(12(19)15-9)16-10(18)7-20-8-4-2-1-3-5-8/h1-5,9,11H,6-7H2,(H,15,19)(H,16,18)/t9-,11+/m1/s1. The van der Waals surface area contributed by atoms with Gasteiger partial charge >= 0.3 is 0 Å². The fraction of sp³-hybridized carbons (Fsp3) is 0.333. The van der Waals surface area contributed by atoms with Crippen LogP contribution in [0.5, 0.6) is 5.75 Å². The molecule has 1 aliphatic heterocycles. The zero-order valence-corrected chi connectivity index (χ0v) is 10.5. The van der Waals surface area contributed by atoms with E-state index in [0.717, 1.165) is 0 Å². The molecular weight excluding hydrogens is 262 g/mol. The zero-order valence-electron chi connectivity index (χ0n) is 10.5. The van der Waals surface area contributed by atoms with Gasteiger partial charge in [0.05, 0.1) is 6.04 Å². The number of ether oxygens (including phenoxy) is 1. The third-order valence-corrected chi connectivity index (χ3v) is 2.78. The normalized spacial score (nSPS) is 20.1. The molecule has 0 aromatic heterocycles. The van der Waals surface area contributed by atoms with Crippen molar-refractivity contribution in [2.24, 2.45) is 5.11 Å². The average Bonchev–Trinajstić information content (AvgIpc) is 2.48. The number of para-hydroxylation sites is 1. The van der Waals surface area contributed by atoms with Crippen LogP contribution in [0.1, 0.15) is 0 Å². The van der Waals surface area contributed by atoms with E-state index in [9.17, 15) is 9.59 Å². The van der Waals surface area contributed by atoms with Crippen molar-refractivity contribution < 1.29 is 14.3 Å². The molecule has 8 heteroatoms. The molecule has 1 aromatic rings. The Kier molecular flexibility index (Phi) is 4.41. The lowest BCUT2D eigenvalue weighted by atomic mass is 9.99. The molecule has 0 unspecified atom stereocenters. The molecule has 0 saturated carbocycles. The Morgan fingerprint density at radius 3 is 2.85 bits per heavy atom. The smallest absolute Gasteiger partial charge is 0.258 e. The fourth-order valence-corrected chi connectivity index (χ4v) is 1.76. The molecule has 1 aromatic carbocycles. The minimum absolute atomic E-state index is 0.104. The number of azide groups is 1. The molecule has 1 aliphatic rings. The Balaban J connectivity index is 1.79. The Bertz CT molecular complexity index is 541. The molecule has 0 radical (unpaired) electrons. The topological polar surface area (TPSA) is 116 Å². The summed E-state index contributed by atoms with van der Waals surface area (Å²) >= 11 is 0. The number of carbonyl (C=O) groups excluding carboxylic acids is 2. The van der Waals surface area contributed by atoms with Gasteiger partial charge in [-0.1, -0.05) is 23.3 Å². The van der Waals surface area contributed by atoms with Gasteiger partial charge < -0.3 is 15.4 Å². The van der Waals surface area contributed by atoms with Crippen LogP contribution in [0.15, 0.2) is 35.4 Å². The number of nitrogens with zero attached hydrogens (tertiary/aromatic N) is 3. The van der Waals surface area contributed by atoms with Crippen molar-refractivity contribution in [3.8, 4) is 5.75 Å². The maximum absolute atomic E-state index is 11.7. The van der Waals surface area contributed by atoms with Crippen LogP contribution in [0.25, 0.3) is 10.4 Å². The molecule has 1 fully saturated rings. The van der Waals surface area contributed by atoms with Crippen molar-refractivity contribution in [2.45, 2.75) is 12.1 Å². The first-order valence-corrected chi connectivity index (χ1v) is 5.99. The van der Waals surface area contributed by atoms with Crippen LogP contribution in [0.2, 0.25) is 0 Å². The third-order valence-electron chi connectivity index (χ3n) is 2.78. The van der Waals surface area contributed by atoms with E-state index in [0.29, 0.717) is 5.75 Å². The number of amides is 2. The SMILES string of the molecule is [N-]=[N+]=NC[C@H]1NC(=O)[C@H]1NC(=O)COc1ccccc1. The van der Waals surface area contributed by atoms with Crippen molar-refractivity contribution in [3.05, 3.63) is 40.8 Å². The highest BCUT2D eigenvalue weighted by atomic mass is 16.5. The van der Waals surface area contributed by atoms with Crippen molar-refractivity contribution >= 4 is 11.8 Å². The molecule has 2 atom stereocenters. The van der Waals surface area contributed by atoms with Crippen LogP contribution in [0, 0.1) is 0 Å². The number of benzene rings is 1. The summed E-state index contributed by atoms with van der Waals surface area (Å²) in [7, 11) is 0. The number of β-lactam (4-membered cyclic amide) rings is 1. The monoisotopic (exact) mass is 275 g/mol. The maximum atomic E-state index is 11.7. The van der Waals surface area contributed by atoms with E-state index >= 15 is 0 Å². The van der Waals surface area contributed by atoms with Gasteiger partial charge in [-0.05, 0) is 17.7 Å². The van der Waals surface area contributed by atoms with Gasteiger partial charge in [-0.3, -0.25) is 9.59 Å². The Morgan fingerprint density at radius 2 is 2.20 bits per heavy atom. The number of hydrogen-bond acceptors (Lipinski definition) is 4. The zero-order chi connectivity index (χ0) is 14.4. The number of hydrogen-bond donors (Lipinski definition) is 2. The predicted molar refractivity (Wildman–Crippen MR) is 69.8 cm³/mol. The van der Waals surface area contributed by atoms with Gasteiger partial charge in [0.1, 0.15) is 11.8 Å². The minimum Gasteiger partial charge on any atom is -0.484 e. The van der Waals surface area contributed by atoms with Gasteiger partial charge in [0.15, 0.2) is 6.61 Å². The Hall–Kier alpha value is -2.73. The molecule has 104 valence electrons. The number of nitrogens with one attached hydrogen (secondary N) is 2. The van der Waals surface area contributed by atoms with E-state index in [1.54, 1.807) is 24.3 Å². The van der Waals surface area contributed by atoms with E-state index in [-0.39, 0.29) is 25.1 Å². The Morgan fingerprint density at radius 1 is 1.45 bits per heavy atom. The lowest BCUT2D eigenvalue weighted by molar-refractivity contribution is -0.136. The Labute approximate surface area is 114 Å². The van der Waals surface area contributed by atoms with Gasteiger partial charge in [0.2, 0.25) is 5.91 Å². The summed E-state index contributed by atoms with van der Waals surface area (Å²) in [5.41, 5.74) is 8.22. The molecule has 1 heterocycles. The molecule has 0 aliphatic carbocycles. The maximum Gasteiger partial charge on any atom is 0.258 e. The second kappa shape index (κ2) is 6.44. The van der Waals surface area contributed by atoms with E-state index in [1.165, 1.54) is 0 Å². The van der Waals surface area contributed by atoms with Crippen LogP contribution in [0.3, 0.4) is 0 Å². The van der Waals surface area contributed by atoms with Crippen molar-refractivity contribution in [3.63, 3.8) is 0 Å². The molecule has 20 heavy (non-hydrogen) atoms. The van der Waals surface area contributed by atoms with Crippen molar-refractivity contribution in [2.75, 3.05) is 13.2 Å². The molecule has 8 nitrogen and oxygen atoms in total. The summed E-state index contributed by atoms with van der Waals surface area (Å²) < 4.78 is 5.26. The summed E-state index contributed by atoms with van der Waals surface area (Å²) in [5, 5.41) is 8.45. The molecule has 2 rings (SSSR count). The summed E-state index contributed by atoms with van der Waals surface area (Å²) in [6.07, 6.45) is 0. The van der Waals surface area contributed by atoms with Gasteiger partial charge in [0, 0.05) is 11.5 Å². The fourth-order valence-electron chi connectivity index (χ4n) is 1.76. The summed E-state index contributed by atoms with van der Waals surface area (Å²) in [4.78, 5) is 25.6. The van der Waals surface area contributed by atoms with Crippen LogP contribution in [0.4, 0.5) is 0 Å². The van der Waals surface area contributed by atoms with Crippen LogP contribution in [-0.4, -0.2) is 37.0 Å². The second-order valence-corrected chi connectivity index (χ2v) is 4.18. The highest BCUT2D eigenvalue weighted by molar-refractivity contribution is 5.93. The minimum atomic E-state index is -0.674. The van der Waals surface area contributed by atoms with Crippen LogP contribution >= 0.6 is 0 Å². The van der Waals surface area contributed by atoms with E-state index in [4.69, 9.17) is 10.3 Å². The van der Waals surface area contributed by atoms with Gasteiger partial charge in [-0.2, -0.15) is 0 Å². The molecule has 0 bridgehead atoms. The van der Waals surface area contributed by atoms with Crippen molar-refractivity contribution in [1.82, 2.24) is 10.6 Å². The first-order chi connectivity index (χ1) is 9.70. The molecule has 0 spiro atoms. The summed E-state index contributed by atoms with van der Waals surface area (Å²) in [6.45, 7) is -0.0746. The number of rotatable bonds is 6. The van der Waals surface area contributed by atoms with Crippen LogP contribution < -0.4 is 15.4 Å². The molecule has 2 N–H and O–H groups in total. The highest BCUT2D eigenvalue weighted by Gasteiger charge is 2.39.